The predicted molar refractivity (Wildman–Crippen MR) is 97.9 cm³/mol. The predicted octanol–water partition coefficient (Wildman–Crippen LogP) is 5.36. The van der Waals surface area contributed by atoms with Crippen LogP contribution >= 0.6 is 0 Å². The van der Waals surface area contributed by atoms with Crippen molar-refractivity contribution in [3.05, 3.63) is 12.2 Å². The highest BCUT2D eigenvalue weighted by Gasteiger charge is 2.16. The van der Waals surface area contributed by atoms with Crippen LogP contribution in [0.15, 0.2) is 12.2 Å². The van der Waals surface area contributed by atoms with Crippen LogP contribution in [0.2, 0.25) is 0 Å². The molecule has 4 heteroatoms. The summed E-state index contributed by atoms with van der Waals surface area (Å²) in [6.07, 6.45) is 12.6. The third-order valence-electron chi connectivity index (χ3n) is 4.14. The molecular weight excluding hydrogens is 304 g/mol. The first-order valence-corrected chi connectivity index (χ1v) is 9.44. The lowest BCUT2D eigenvalue weighted by Gasteiger charge is -2.20. The van der Waals surface area contributed by atoms with E-state index in [1.165, 1.54) is 38.5 Å². The van der Waals surface area contributed by atoms with E-state index in [4.69, 9.17) is 9.84 Å². The van der Waals surface area contributed by atoms with E-state index in [2.05, 4.69) is 13.8 Å². The van der Waals surface area contributed by atoms with Gasteiger partial charge in [0.15, 0.2) is 0 Å². The second-order valence-corrected chi connectivity index (χ2v) is 7.34. The second-order valence-electron chi connectivity index (χ2n) is 7.34. The van der Waals surface area contributed by atoms with Crippen molar-refractivity contribution in [1.29, 1.82) is 0 Å². The Morgan fingerprint density at radius 2 is 1.33 bits per heavy atom. The van der Waals surface area contributed by atoms with Gasteiger partial charge in [-0.15, -0.1) is 0 Å². The van der Waals surface area contributed by atoms with Gasteiger partial charge in [0.05, 0.1) is 0 Å². The van der Waals surface area contributed by atoms with Crippen LogP contribution in [0.1, 0.15) is 85.5 Å². The topological polar surface area (TPSA) is 63.6 Å². The van der Waals surface area contributed by atoms with E-state index in [1.54, 1.807) is 0 Å². The van der Waals surface area contributed by atoms with Gasteiger partial charge in [0.1, 0.15) is 6.10 Å². The third kappa shape index (κ3) is 14.3. The highest BCUT2D eigenvalue weighted by molar-refractivity contribution is 5.90. The van der Waals surface area contributed by atoms with E-state index in [9.17, 15) is 9.59 Å². The maximum absolute atomic E-state index is 11.6. The Kier molecular flexibility index (Phi) is 13.3. The number of unbranched alkanes of at least 4 members (excludes halogenated alkanes) is 6. The summed E-state index contributed by atoms with van der Waals surface area (Å²) in [5.74, 6) is -0.656. The number of aliphatic carboxylic acids is 1. The molecule has 0 fully saturated rings. The summed E-state index contributed by atoms with van der Waals surface area (Å²) in [5.41, 5.74) is 0. The fraction of sp³-hybridized carbons (Fsp3) is 0.800. The van der Waals surface area contributed by atoms with Crippen molar-refractivity contribution in [2.24, 2.45) is 11.8 Å². The molecule has 1 atom stereocenters. The smallest absolute Gasteiger partial charge is 0.331 e. The van der Waals surface area contributed by atoms with Crippen molar-refractivity contribution < 1.29 is 19.4 Å². The van der Waals surface area contributed by atoms with E-state index < -0.39 is 11.9 Å². The van der Waals surface area contributed by atoms with Crippen LogP contribution in [0.4, 0.5) is 0 Å². The number of carboxylic acids is 1. The van der Waals surface area contributed by atoms with E-state index in [-0.39, 0.29) is 12.0 Å². The van der Waals surface area contributed by atoms with Gasteiger partial charge in [-0.2, -0.15) is 0 Å². The zero-order valence-electron chi connectivity index (χ0n) is 15.9. The highest BCUT2D eigenvalue weighted by Crippen LogP contribution is 2.17. The van der Waals surface area contributed by atoms with E-state index >= 15 is 0 Å². The molecule has 0 amide bonds. The van der Waals surface area contributed by atoms with E-state index in [1.807, 2.05) is 13.8 Å². The molecule has 24 heavy (non-hydrogen) atoms. The minimum atomic E-state index is -1.14. The molecule has 140 valence electrons. The lowest BCUT2D eigenvalue weighted by atomic mass is 9.99. The molecule has 0 aliphatic heterocycles. The Morgan fingerprint density at radius 1 is 0.833 bits per heavy atom. The van der Waals surface area contributed by atoms with E-state index in [0.29, 0.717) is 0 Å². The van der Waals surface area contributed by atoms with Crippen molar-refractivity contribution in [2.45, 2.75) is 91.6 Å². The molecule has 0 saturated heterocycles. The molecule has 0 bridgehead atoms. The van der Waals surface area contributed by atoms with Crippen molar-refractivity contribution >= 4 is 11.9 Å². The number of ether oxygens (including phenoxy) is 1. The highest BCUT2D eigenvalue weighted by atomic mass is 16.5. The summed E-state index contributed by atoms with van der Waals surface area (Å²) in [6, 6.07) is 0. The van der Waals surface area contributed by atoms with Crippen molar-refractivity contribution in [2.75, 3.05) is 0 Å². The molecule has 0 saturated carbocycles. The molecule has 0 aliphatic carbocycles. The van der Waals surface area contributed by atoms with Crippen molar-refractivity contribution in [1.82, 2.24) is 0 Å². The molecule has 0 spiro atoms. The number of hydrogen-bond acceptors (Lipinski definition) is 3. The van der Waals surface area contributed by atoms with Gasteiger partial charge in [-0.25, -0.2) is 9.59 Å². The fourth-order valence-electron chi connectivity index (χ4n) is 2.64. The van der Waals surface area contributed by atoms with Crippen LogP contribution in [-0.2, 0) is 14.3 Å². The Bertz CT molecular complexity index is 372. The molecule has 0 aromatic heterocycles. The summed E-state index contributed by atoms with van der Waals surface area (Å²) >= 11 is 0. The Morgan fingerprint density at radius 3 is 1.79 bits per heavy atom. The van der Waals surface area contributed by atoms with Gasteiger partial charge in [0, 0.05) is 12.2 Å². The summed E-state index contributed by atoms with van der Waals surface area (Å²) < 4.78 is 5.36. The molecule has 0 aliphatic rings. The largest absolute Gasteiger partial charge is 0.478 e. The second kappa shape index (κ2) is 14.1. The van der Waals surface area contributed by atoms with Gasteiger partial charge >= 0.3 is 11.9 Å². The SMILES string of the molecule is CC(C)CCCCCCCCCC(OC(=O)C=CC(=O)O)C(C)C. The van der Waals surface area contributed by atoms with Crippen LogP contribution in [-0.4, -0.2) is 23.1 Å². The standard InChI is InChI=1S/C20H36O4/c1-16(2)12-10-8-6-5-7-9-11-13-18(17(3)4)24-20(23)15-14-19(21)22/h14-18H,5-13H2,1-4H3,(H,21,22). The molecule has 0 heterocycles. The normalized spacial score (nSPS) is 12.9. The summed E-state index contributed by atoms with van der Waals surface area (Å²) in [6.45, 7) is 8.59. The minimum absolute atomic E-state index is 0.137. The average molecular weight is 341 g/mol. The average Bonchev–Trinajstić information content (AvgIpc) is 2.49. The third-order valence-corrected chi connectivity index (χ3v) is 4.14. The minimum Gasteiger partial charge on any atom is -0.478 e. The quantitative estimate of drug-likeness (QED) is 0.262. The zero-order chi connectivity index (χ0) is 18.4. The summed E-state index contributed by atoms with van der Waals surface area (Å²) in [7, 11) is 0. The lowest BCUT2D eigenvalue weighted by molar-refractivity contribution is -0.146. The van der Waals surface area contributed by atoms with Gasteiger partial charge in [0.2, 0.25) is 0 Å². The van der Waals surface area contributed by atoms with Crippen molar-refractivity contribution in [3.63, 3.8) is 0 Å². The molecule has 1 unspecified atom stereocenters. The molecule has 0 aromatic carbocycles. The first-order valence-electron chi connectivity index (χ1n) is 9.44. The fourth-order valence-corrected chi connectivity index (χ4v) is 2.64. The summed E-state index contributed by atoms with van der Waals surface area (Å²) in [4.78, 5) is 22.0. The van der Waals surface area contributed by atoms with Crippen molar-refractivity contribution in [3.8, 4) is 0 Å². The molecule has 0 aromatic rings. The number of rotatable bonds is 14. The first-order chi connectivity index (χ1) is 11.3. The maximum atomic E-state index is 11.6. The van der Waals surface area contributed by atoms with Crippen LogP contribution in [0.5, 0.6) is 0 Å². The first kappa shape index (κ1) is 22.7. The van der Waals surface area contributed by atoms with Gasteiger partial charge in [-0.05, 0) is 24.7 Å². The van der Waals surface area contributed by atoms with Crippen LogP contribution in [0, 0.1) is 11.8 Å². The zero-order valence-corrected chi connectivity index (χ0v) is 15.9. The van der Waals surface area contributed by atoms with Crippen LogP contribution in [0.25, 0.3) is 0 Å². The van der Waals surface area contributed by atoms with Gasteiger partial charge in [0.25, 0.3) is 0 Å². The molecule has 4 nitrogen and oxygen atoms in total. The maximum Gasteiger partial charge on any atom is 0.331 e. The van der Waals surface area contributed by atoms with E-state index in [0.717, 1.165) is 37.3 Å². The lowest BCUT2D eigenvalue weighted by Crippen LogP contribution is -2.22. The Labute approximate surface area is 147 Å². The molecule has 1 N–H and O–H groups in total. The van der Waals surface area contributed by atoms with Gasteiger partial charge in [-0.3, -0.25) is 0 Å². The molecule has 0 rings (SSSR count). The Hall–Kier alpha value is -1.32. The van der Waals surface area contributed by atoms with Crippen LogP contribution < -0.4 is 0 Å². The number of carbonyl (C=O) groups is 2. The molecule has 0 radical (unpaired) electrons. The van der Waals surface area contributed by atoms with Gasteiger partial charge < -0.3 is 9.84 Å². The monoisotopic (exact) mass is 340 g/mol. The Balaban J connectivity index is 3.79. The number of esters is 1. The van der Waals surface area contributed by atoms with Crippen LogP contribution in [0.3, 0.4) is 0 Å². The number of carboxylic acid groups (broad SMARTS) is 1. The van der Waals surface area contributed by atoms with Gasteiger partial charge in [-0.1, -0.05) is 72.6 Å². The number of hydrogen-bond donors (Lipinski definition) is 1. The molecular formula is C20H36O4. The summed E-state index contributed by atoms with van der Waals surface area (Å²) in [5, 5.41) is 8.52. The number of carbonyl (C=O) groups excluding carboxylic acids is 1.